The SMILES string of the molecule is CC[C@@H](C)c1ccc(NC(=S)NC(=O)c2ccc(N3CCCC3)c([N+](=O)[O-])c2)cc1. The number of thiocarbonyl (C=S) groups is 1. The van der Waals surface area contributed by atoms with Gasteiger partial charge in [0.25, 0.3) is 11.6 Å². The maximum Gasteiger partial charge on any atom is 0.293 e. The number of nitro benzene ring substituents is 1. The normalized spacial score (nSPS) is 14.3. The lowest BCUT2D eigenvalue weighted by Crippen LogP contribution is -2.34. The van der Waals surface area contributed by atoms with Gasteiger partial charge in [-0.2, -0.15) is 0 Å². The van der Waals surface area contributed by atoms with E-state index in [2.05, 4.69) is 24.5 Å². The summed E-state index contributed by atoms with van der Waals surface area (Å²) in [6, 6.07) is 12.4. The van der Waals surface area contributed by atoms with Gasteiger partial charge in [-0.1, -0.05) is 26.0 Å². The molecule has 1 atom stereocenters. The van der Waals surface area contributed by atoms with Crippen LogP contribution in [0, 0.1) is 10.1 Å². The number of amides is 1. The van der Waals surface area contributed by atoms with Crippen LogP contribution in [-0.4, -0.2) is 29.0 Å². The molecule has 0 bridgehead atoms. The van der Waals surface area contributed by atoms with Gasteiger partial charge in [-0.15, -0.1) is 0 Å². The average Bonchev–Trinajstić information content (AvgIpc) is 3.27. The van der Waals surface area contributed by atoms with Crippen molar-refractivity contribution in [1.29, 1.82) is 0 Å². The molecule has 30 heavy (non-hydrogen) atoms. The Morgan fingerprint density at radius 1 is 1.20 bits per heavy atom. The van der Waals surface area contributed by atoms with Gasteiger partial charge in [0.05, 0.1) is 4.92 Å². The van der Waals surface area contributed by atoms with Crippen molar-refractivity contribution in [3.8, 4) is 0 Å². The fraction of sp³-hybridized carbons (Fsp3) is 0.364. The summed E-state index contributed by atoms with van der Waals surface area (Å²) in [7, 11) is 0. The van der Waals surface area contributed by atoms with Crippen molar-refractivity contribution in [2.45, 2.75) is 39.0 Å². The zero-order valence-electron chi connectivity index (χ0n) is 17.2. The van der Waals surface area contributed by atoms with E-state index in [1.54, 1.807) is 12.1 Å². The summed E-state index contributed by atoms with van der Waals surface area (Å²) in [5, 5.41) is 17.2. The first kappa shape index (κ1) is 21.7. The predicted molar refractivity (Wildman–Crippen MR) is 123 cm³/mol. The molecule has 3 rings (SSSR count). The van der Waals surface area contributed by atoms with Crippen LogP contribution in [0.5, 0.6) is 0 Å². The molecule has 0 aliphatic carbocycles. The van der Waals surface area contributed by atoms with Crippen molar-refractivity contribution >= 4 is 40.3 Å². The lowest BCUT2D eigenvalue weighted by Gasteiger charge is -2.18. The van der Waals surface area contributed by atoms with Crippen molar-refractivity contribution in [3.63, 3.8) is 0 Å². The Morgan fingerprint density at radius 3 is 2.47 bits per heavy atom. The molecule has 1 amide bonds. The summed E-state index contributed by atoms with van der Waals surface area (Å²) in [5.74, 6) is -0.00942. The molecule has 1 fully saturated rings. The Hall–Kier alpha value is -3.00. The third-order valence-electron chi connectivity index (χ3n) is 5.46. The highest BCUT2D eigenvalue weighted by atomic mass is 32.1. The van der Waals surface area contributed by atoms with E-state index < -0.39 is 10.8 Å². The van der Waals surface area contributed by atoms with Gasteiger partial charge in [0.1, 0.15) is 5.69 Å². The number of benzene rings is 2. The molecule has 1 aliphatic rings. The van der Waals surface area contributed by atoms with Crippen LogP contribution in [0.1, 0.15) is 54.9 Å². The van der Waals surface area contributed by atoms with E-state index >= 15 is 0 Å². The second kappa shape index (κ2) is 9.67. The largest absolute Gasteiger partial charge is 0.366 e. The van der Waals surface area contributed by atoms with Crippen LogP contribution in [-0.2, 0) is 0 Å². The minimum atomic E-state index is -0.486. The third-order valence-corrected chi connectivity index (χ3v) is 5.66. The molecule has 158 valence electrons. The Labute approximate surface area is 181 Å². The fourth-order valence-electron chi connectivity index (χ4n) is 3.50. The zero-order valence-corrected chi connectivity index (χ0v) is 18.0. The summed E-state index contributed by atoms with van der Waals surface area (Å²) in [5.41, 5.74) is 2.69. The maximum absolute atomic E-state index is 12.6. The monoisotopic (exact) mass is 426 g/mol. The van der Waals surface area contributed by atoms with E-state index in [9.17, 15) is 14.9 Å². The zero-order chi connectivity index (χ0) is 21.7. The summed E-state index contributed by atoms with van der Waals surface area (Å²) in [6.07, 6.45) is 3.08. The van der Waals surface area contributed by atoms with Gasteiger partial charge < -0.3 is 10.2 Å². The maximum atomic E-state index is 12.6. The van der Waals surface area contributed by atoms with Crippen molar-refractivity contribution < 1.29 is 9.72 Å². The van der Waals surface area contributed by atoms with Crippen molar-refractivity contribution in [2.75, 3.05) is 23.3 Å². The van der Waals surface area contributed by atoms with Crippen LogP contribution in [0.4, 0.5) is 17.1 Å². The minimum absolute atomic E-state index is 0.0657. The second-order valence-electron chi connectivity index (χ2n) is 7.49. The van der Waals surface area contributed by atoms with Crippen LogP contribution in [0.15, 0.2) is 42.5 Å². The number of carbonyl (C=O) groups excluding carboxylic acids is 1. The van der Waals surface area contributed by atoms with Crippen LogP contribution < -0.4 is 15.5 Å². The van der Waals surface area contributed by atoms with Gasteiger partial charge in [-0.3, -0.25) is 20.2 Å². The lowest BCUT2D eigenvalue weighted by atomic mass is 9.99. The Morgan fingerprint density at radius 2 is 1.87 bits per heavy atom. The molecule has 0 spiro atoms. The van der Waals surface area contributed by atoms with Gasteiger partial charge in [-0.05, 0) is 67.2 Å². The predicted octanol–water partition coefficient (Wildman–Crippen LogP) is 4.84. The number of nitrogens with zero attached hydrogens (tertiary/aromatic N) is 2. The van der Waals surface area contributed by atoms with Gasteiger partial charge in [0.2, 0.25) is 0 Å². The van der Waals surface area contributed by atoms with E-state index in [4.69, 9.17) is 12.2 Å². The van der Waals surface area contributed by atoms with Crippen LogP contribution in [0.2, 0.25) is 0 Å². The highest BCUT2D eigenvalue weighted by Crippen LogP contribution is 2.31. The van der Waals surface area contributed by atoms with Crippen LogP contribution in [0.25, 0.3) is 0 Å². The van der Waals surface area contributed by atoms with Crippen LogP contribution >= 0.6 is 12.2 Å². The number of carbonyl (C=O) groups is 1. The quantitative estimate of drug-likeness (QED) is 0.391. The topological polar surface area (TPSA) is 87.5 Å². The molecular formula is C22H26N4O3S. The molecule has 1 aliphatic heterocycles. The molecule has 2 aromatic carbocycles. The van der Waals surface area contributed by atoms with E-state index in [0.29, 0.717) is 11.6 Å². The standard InChI is InChI=1S/C22H26N4O3S/c1-3-15(2)16-6-9-18(10-7-16)23-22(30)24-21(27)17-8-11-19(20(14-17)26(28)29)25-12-4-5-13-25/h6-11,14-15H,3-5,12-13H2,1-2H3,(H2,23,24,27,30)/t15-/m1/s1. The summed E-state index contributed by atoms with van der Waals surface area (Å²) < 4.78 is 0. The summed E-state index contributed by atoms with van der Waals surface area (Å²) in [6.45, 7) is 5.89. The van der Waals surface area contributed by atoms with E-state index in [1.807, 2.05) is 29.2 Å². The van der Waals surface area contributed by atoms with E-state index in [-0.39, 0.29) is 16.4 Å². The Bertz CT molecular complexity index is 940. The van der Waals surface area contributed by atoms with E-state index in [0.717, 1.165) is 38.0 Å². The first-order chi connectivity index (χ1) is 14.4. The third kappa shape index (κ3) is 5.13. The second-order valence-corrected chi connectivity index (χ2v) is 7.90. The van der Waals surface area contributed by atoms with Gasteiger partial charge >= 0.3 is 0 Å². The smallest absolute Gasteiger partial charge is 0.293 e. The Kier molecular flexibility index (Phi) is 6.99. The van der Waals surface area contributed by atoms with Crippen molar-refractivity contribution in [1.82, 2.24) is 5.32 Å². The minimum Gasteiger partial charge on any atom is -0.366 e. The van der Waals surface area contributed by atoms with Crippen LogP contribution in [0.3, 0.4) is 0 Å². The number of rotatable bonds is 6. The molecule has 0 saturated carbocycles. The highest BCUT2D eigenvalue weighted by molar-refractivity contribution is 7.80. The first-order valence-corrected chi connectivity index (χ1v) is 10.6. The van der Waals surface area contributed by atoms with Gasteiger partial charge in [0, 0.05) is 30.4 Å². The number of nitro groups is 1. The molecule has 0 unspecified atom stereocenters. The molecular weight excluding hydrogens is 400 g/mol. The highest BCUT2D eigenvalue weighted by Gasteiger charge is 2.24. The molecule has 8 heteroatoms. The molecule has 7 nitrogen and oxygen atoms in total. The number of anilines is 2. The number of nitrogens with one attached hydrogen (secondary N) is 2. The summed E-state index contributed by atoms with van der Waals surface area (Å²) >= 11 is 5.23. The first-order valence-electron chi connectivity index (χ1n) is 10.1. The lowest BCUT2D eigenvalue weighted by molar-refractivity contribution is -0.384. The average molecular weight is 427 g/mol. The summed E-state index contributed by atoms with van der Waals surface area (Å²) in [4.78, 5) is 25.6. The Balaban J connectivity index is 1.67. The van der Waals surface area contributed by atoms with Crippen molar-refractivity contribution in [3.05, 3.63) is 63.7 Å². The van der Waals surface area contributed by atoms with Crippen molar-refractivity contribution in [2.24, 2.45) is 0 Å². The molecule has 2 N–H and O–H groups in total. The van der Waals surface area contributed by atoms with Gasteiger partial charge in [-0.25, -0.2) is 0 Å². The number of hydrogen-bond acceptors (Lipinski definition) is 5. The molecule has 0 aromatic heterocycles. The molecule has 1 saturated heterocycles. The number of hydrogen-bond donors (Lipinski definition) is 2. The fourth-order valence-corrected chi connectivity index (χ4v) is 3.72. The molecule has 0 radical (unpaired) electrons. The molecule has 2 aromatic rings. The molecule has 1 heterocycles. The van der Waals surface area contributed by atoms with E-state index in [1.165, 1.54) is 11.6 Å². The van der Waals surface area contributed by atoms with Gasteiger partial charge in [0.15, 0.2) is 5.11 Å².